The molecule has 4 aromatic rings. The van der Waals surface area contributed by atoms with E-state index in [1.54, 1.807) is 48.5 Å². The average Bonchev–Trinajstić information content (AvgIpc) is 3.00. The number of phenols is 2. The molecule has 4 aromatic carbocycles. The van der Waals surface area contributed by atoms with Crippen LogP contribution in [0.3, 0.4) is 0 Å². The van der Waals surface area contributed by atoms with Crippen molar-refractivity contribution in [3.63, 3.8) is 0 Å². The molecular weight excluding hydrogens is 764 g/mol. The molecule has 6 rings (SSSR count). The first-order valence-corrected chi connectivity index (χ1v) is 16.9. The Hall–Kier alpha value is -5.51. The Bertz CT molecular complexity index is 2140. The lowest BCUT2D eigenvalue weighted by Crippen LogP contribution is -2.28. The van der Waals surface area contributed by atoms with E-state index in [2.05, 4.69) is 46.0 Å². The molecule has 48 heavy (non-hydrogen) atoms. The fourth-order valence-electron chi connectivity index (χ4n) is 4.15. The Morgan fingerprint density at radius 1 is 0.708 bits per heavy atom. The number of phenolic OH excluding ortho intramolecular Hbond substituents is 2. The maximum Gasteiger partial charge on any atom is 0.288 e. The summed E-state index contributed by atoms with van der Waals surface area (Å²) in [6.45, 7) is 0. The van der Waals surface area contributed by atoms with Crippen molar-refractivity contribution in [3.05, 3.63) is 103 Å². The second-order valence-corrected chi connectivity index (χ2v) is 13.9. The maximum absolute atomic E-state index is 12.3. The van der Waals surface area contributed by atoms with Crippen LogP contribution < -0.4 is 21.3 Å². The van der Waals surface area contributed by atoms with Gasteiger partial charge in [0.05, 0.1) is 38.4 Å². The van der Waals surface area contributed by atoms with Crippen molar-refractivity contribution in [2.45, 2.75) is 9.79 Å². The van der Waals surface area contributed by atoms with E-state index in [0.717, 1.165) is 24.3 Å². The van der Waals surface area contributed by atoms with Gasteiger partial charge in [0.1, 0.15) is 32.7 Å². The van der Waals surface area contributed by atoms with Crippen LogP contribution in [-0.2, 0) is 20.0 Å². The maximum atomic E-state index is 12.3. The highest BCUT2D eigenvalue weighted by atomic mass is 79.9. The largest absolute Gasteiger partial charge is 0.505 e. The predicted octanol–water partition coefficient (Wildman–Crippen LogP) is 5.18. The number of nitrogens with zero attached hydrogens (tertiary/aromatic N) is 4. The summed E-state index contributed by atoms with van der Waals surface area (Å²) in [5, 5.41) is 52.5. The van der Waals surface area contributed by atoms with Crippen molar-refractivity contribution >= 4 is 93.6 Å². The number of nitro benzene ring substituents is 2. The minimum Gasteiger partial charge on any atom is -0.505 e. The second kappa shape index (κ2) is 12.9. The number of hydrogen-bond donors (Lipinski definition) is 6. The summed E-state index contributed by atoms with van der Waals surface area (Å²) < 4.78 is 56.8. The highest BCUT2D eigenvalue weighted by molar-refractivity contribution is 9.10. The van der Waals surface area contributed by atoms with Crippen LogP contribution in [0.2, 0.25) is 5.02 Å². The number of aromatic hydroxyl groups is 2. The van der Waals surface area contributed by atoms with E-state index in [4.69, 9.17) is 11.6 Å². The van der Waals surface area contributed by atoms with Crippen molar-refractivity contribution in [2.75, 3.05) is 21.3 Å². The molecule has 2 aliphatic rings. The fraction of sp³-hybridized carbons (Fsp3) is 0. The summed E-state index contributed by atoms with van der Waals surface area (Å²) in [6, 6.07) is 16.9. The van der Waals surface area contributed by atoms with Crippen molar-refractivity contribution in [3.8, 4) is 11.5 Å². The second-order valence-electron chi connectivity index (χ2n) is 9.48. The first kappa shape index (κ1) is 33.8. The van der Waals surface area contributed by atoms with Gasteiger partial charge in [0.25, 0.3) is 31.4 Å². The van der Waals surface area contributed by atoms with Crippen molar-refractivity contribution in [1.82, 2.24) is 0 Å². The van der Waals surface area contributed by atoms with Gasteiger partial charge in [-0.2, -0.15) is 16.8 Å². The quantitative estimate of drug-likeness (QED) is 0.0885. The Morgan fingerprint density at radius 2 is 1.12 bits per heavy atom. The van der Waals surface area contributed by atoms with Crippen LogP contribution in [0.4, 0.5) is 34.1 Å². The zero-order valence-corrected chi connectivity index (χ0v) is 27.4. The van der Waals surface area contributed by atoms with E-state index in [9.17, 15) is 47.3 Å². The molecule has 0 atom stereocenters. The first-order chi connectivity index (χ1) is 22.6. The Labute approximate surface area is 283 Å². The van der Waals surface area contributed by atoms with Crippen molar-refractivity contribution in [1.29, 1.82) is 0 Å². The van der Waals surface area contributed by atoms with E-state index in [0.29, 0.717) is 20.9 Å². The number of non-ortho nitro benzene ring substituents is 2. The van der Waals surface area contributed by atoms with Gasteiger partial charge in [-0.05, 0) is 40.2 Å². The third-order valence-corrected chi connectivity index (χ3v) is 9.90. The Morgan fingerprint density at radius 3 is 1.56 bits per heavy atom. The molecular formula is C26H18BrClN8O10S2. The third kappa shape index (κ3) is 7.07. The smallest absolute Gasteiger partial charge is 0.288 e. The van der Waals surface area contributed by atoms with Crippen molar-refractivity contribution < 1.29 is 36.9 Å². The lowest BCUT2D eigenvalue weighted by molar-refractivity contribution is -0.385. The molecule has 0 fully saturated rings. The van der Waals surface area contributed by atoms with Crippen LogP contribution in [0.5, 0.6) is 11.5 Å². The molecule has 0 amide bonds. The molecule has 0 saturated carbocycles. The van der Waals surface area contributed by atoms with E-state index in [1.807, 2.05) is 0 Å². The van der Waals surface area contributed by atoms with Gasteiger partial charge in [-0.1, -0.05) is 35.9 Å². The molecule has 18 nitrogen and oxygen atoms in total. The highest BCUT2D eigenvalue weighted by Gasteiger charge is 2.32. The average molecular weight is 782 g/mol. The summed E-state index contributed by atoms with van der Waals surface area (Å²) >= 11 is 9.29. The molecule has 248 valence electrons. The predicted molar refractivity (Wildman–Crippen MR) is 179 cm³/mol. The van der Waals surface area contributed by atoms with Gasteiger partial charge in [0.2, 0.25) is 11.9 Å². The number of nitrogens with one attached hydrogen (secondary N) is 4. The SMILES string of the molecule is O=[N+]([O-])c1cc(O)c2c(c1)S(=O)(=O)N=C(Nc1ccccc1Br)N2.O=[N+]([O-])c1cc(O)c2c(c1)S(=O)(=O)N=C(Nc1ccccc1Cl)N2. The number of benzene rings is 4. The van der Waals surface area contributed by atoms with E-state index >= 15 is 0 Å². The highest BCUT2D eigenvalue weighted by Crippen LogP contribution is 2.40. The summed E-state index contributed by atoms with van der Waals surface area (Å²) in [7, 11) is -8.47. The van der Waals surface area contributed by atoms with Crippen LogP contribution >= 0.6 is 27.5 Å². The molecule has 2 heterocycles. The molecule has 0 aliphatic carbocycles. The van der Waals surface area contributed by atoms with Gasteiger partial charge >= 0.3 is 0 Å². The van der Waals surface area contributed by atoms with Gasteiger partial charge in [-0.25, -0.2) is 0 Å². The molecule has 0 aromatic heterocycles. The minimum absolute atomic E-state index is 0.140. The van der Waals surface area contributed by atoms with E-state index in [-0.39, 0.29) is 23.3 Å². The number of para-hydroxylation sites is 2. The van der Waals surface area contributed by atoms with Gasteiger partial charge in [0, 0.05) is 16.6 Å². The number of sulfonamides is 2. The van der Waals surface area contributed by atoms with Crippen LogP contribution in [-0.4, -0.2) is 48.8 Å². The summed E-state index contributed by atoms with van der Waals surface area (Å²) in [5.41, 5.74) is -0.548. The Kier molecular flexibility index (Phi) is 9.13. The number of hydrogen-bond acceptors (Lipinski definition) is 14. The molecule has 0 spiro atoms. The number of anilines is 4. The number of fused-ring (bicyclic) bond motifs is 2. The summed E-state index contributed by atoms with van der Waals surface area (Å²) in [6.07, 6.45) is 0. The molecule has 0 bridgehead atoms. The molecule has 22 heteroatoms. The van der Waals surface area contributed by atoms with Crippen LogP contribution in [0.1, 0.15) is 0 Å². The fourth-order valence-corrected chi connectivity index (χ4v) is 6.95. The van der Waals surface area contributed by atoms with Gasteiger partial charge < -0.3 is 31.5 Å². The molecule has 0 radical (unpaired) electrons. The molecule has 0 saturated heterocycles. The monoisotopic (exact) mass is 780 g/mol. The van der Waals surface area contributed by atoms with Crippen LogP contribution in [0.25, 0.3) is 0 Å². The first-order valence-electron chi connectivity index (χ1n) is 12.9. The zero-order chi connectivity index (χ0) is 35.0. The van der Waals surface area contributed by atoms with E-state index in [1.165, 1.54) is 0 Å². The number of guanidine groups is 2. The van der Waals surface area contributed by atoms with E-state index < -0.39 is 62.6 Å². The normalized spacial score (nSPS) is 15.0. The van der Waals surface area contributed by atoms with Crippen LogP contribution in [0.15, 0.2) is 95.9 Å². The summed E-state index contributed by atoms with van der Waals surface area (Å²) in [5.74, 6) is -1.49. The number of rotatable bonds is 4. The lowest BCUT2D eigenvalue weighted by Gasteiger charge is -2.20. The van der Waals surface area contributed by atoms with Gasteiger partial charge in [-0.15, -0.1) is 8.80 Å². The zero-order valence-electron chi connectivity index (χ0n) is 23.4. The molecule has 0 unspecified atom stereocenters. The van der Waals surface area contributed by atoms with Gasteiger partial charge in [-0.3, -0.25) is 20.2 Å². The van der Waals surface area contributed by atoms with Crippen LogP contribution in [0, 0.1) is 20.2 Å². The number of halogens is 2. The topological polar surface area (TPSA) is 268 Å². The molecule has 2 aliphatic heterocycles. The summed E-state index contributed by atoms with van der Waals surface area (Å²) in [4.78, 5) is 19.1. The standard InChI is InChI=1S/C13H9BrN4O5S.C13H9ClN4O5S/c2*14-8-3-1-2-4-9(8)15-13-16-12-10(19)5-7(18(20)21)6-11(12)24(22,23)17-13/h2*1-6,19H,(H2,15,16,17). The molecule has 6 N–H and O–H groups in total. The Balaban J connectivity index is 0.000000188. The number of nitro groups is 2. The van der Waals surface area contributed by atoms with Gasteiger partial charge in [0.15, 0.2) is 0 Å². The lowest BCUT2D eigenvalue weighted by atomic mass is 10.2. The van der Waals surface area contributed by atoms with Crippen molar-refractivity contribution in [2.24, 2.45) is 8.80 Å². The minimum atomic E-state index is -4.25. The third-order valence-electron chi connectivity index (χ3n) is 6.27.